The summed E-state index contributed by atoms with van der Waals surface area (Å²) >= 11 is 0. The van der Waals surface area contributed by atoms with Gasteiger partial charge in [-0.1, -0.05) is 32.0 Å². The molecule has 0 spiro atoms. The maximum absolute atomic E-state index is 12.9. The summed E-state index contributed by atoms with van der Waals surface area (Å²) in [6, 6.07) is 13.2. The van der Waals surface area contributed by atoms with Crippen molar-refractivity contribution in [1.29, 1.82) is 0 Å². The lowest BCUT2D eigenvalue weighted by molar-refractivity contribution is 0.0760. The summed E-state index contributed by atoms with van der Waals surface area (Å²) in [6.07, 6.45) is 1.76. The van der Waals surface area contributed by atoms with E-state index < -0.39 is 0 Å². The molecule has 2 amide bonds. The topological polar surface area (TPSA) is 66.7 Å². The zero-order valence-corrected chi connectivity index (χ0v) is 16.8. The van der Waals surface area contributed by atoms with Gasteiger partial charge in [0, 0.05) is 25.0 Å². The first-order valence-electron chi connectivity index (χ1n) is 9.63. The molecule has 0 unspecified atom stereocenters. The van der Waals surface area contributed by atoms with Crippen LogP contribution in [0.25, 0.3) is 5.52 Å². The van der Waals surface area contributed by atoms with Crippen LogP contribution in [0.4, 0.5) is 5.69 Å². The number of amides is 2. The van der Waals surface area contributed by atoms with E-state index in [0.29, 0.717) is 30.2 Å². The zero-order valence-electron chi connectivity index (χ0n) is 16.8. The number of hydrogen-bond acceptors (Lipinski definition) is 3. The average molecular weight is 378 g/mol. The molecular weight excluding hydrogens is 352 g/mol. The van der Waals surface area contributed by atoms with Crippen LogP contribution in [0.1, 0.15) is 60.3 Å². The molecule has 28 heavy (non-hydrogen) atoms. The number of hydrogen-bond donors (Lipinski definition) is 1. The number of nitrogens with one attached hydrogen (secondary N) is 1. The fourth-order valence-corrected chi connectivity index (χ4v) is 3.15. The Labute approximate surface area is 165 Å². The van der Waals surface area contributed by atoms with Crippen LogP contribution in [0, 0.1) is 0 Å². The molecule has 1 N–H and O–H groups in total. The number of rotatable bonds is 6. The number of nitrogens with zero attached hydrogens (tertiary/aromatic N) is 3. The molecule has 146 valence electrons. The Morgan fingerprint density at radius 2 is 1.75 bits per heavy atom. The molecule has 2 aromatic heterocycles. The number of aromatic nitrogens is 2. The number of anilines is 1. The third-order valence-corrected chi connectivity index (χ3v) is 4.84. The van der Waals surface area contributed by atoms with Crippen molar-refractivity contribution in [3.8, 4) is 0 Å². The molecule has 0 radical (unpaired) electrons. The van der Waals surface area contributed by atoms with Gasteiger partial charge in [-0.2, -0.15) is 0 Å². The Bertz CT molecular complexity index is 985. The van der Waals surface area contributed by atoms with Gasteiger partial charge in [-0.05, 0) is 49.6 Å². The fourth-order valence-electron chi connectivity index (χ4n) is 3.15. The number of imidazole rings is 1. The van der Waals surface area contributed by atoms with E-state index in [-0.39, 0.29) is 23.3 Å². The number of benzene rings is 1. The van der Waals surface area contributed by atoms with Crippen LogP contribution in [-0.4, -0.2) is 39.2 Å². The van der Waals surface area contributed by atoms with E-state index in [0.717, 1.165) is 0 Å². The molecule has 0 bridgehead atoms. The van der Waals surface area contributed by atoms with Crippen molar-refractivity contribution in [2.75, 3.05) is 18.4 Å². The predicted octanol–water partition coefficient (Wildman–Crippen LogP) is 4.19. The predicted molar refractivity (Wildman–Crippen MR) is 111 cm³/mol. The molecule has 0 aliphatic carbocycles. The summed E-state index contributed by atoms with van der Waals surface area (Å²) in [5.74, 6) is 0.154. The van der Waals surface area contributed by atoms with Crippen LogP contribution in [-0.2, 0) is 0 Å². The second kappa shape index (κ2) is 8.25. The van der Waals surface area contributed by atoms with E-state index in [4.69, 9.17) is 0 Å². The molecule has 0 saturated carbocycles. The third kappa shape index (κ3) is 3.76. The maximum atomic E-state index is 12.9. The lowest BCUT2D eigenvalue weighted by atomic mass is 10.0. The first-order chi connectivity index (χ1) is 13.5. The highest BCUT2D eigenvalue weighted by atomic mass is 16.2. The second-order valence-electron chi connectivity index (χ2n) is 6.95. The van der Waals surface area contributed by atoms with Crippen molar-refractivity contribution in [3.05, 3.63) is 65.7 Å². The molecule has 0 aliphatic rings. The molecule has 0 saturated heterocycles. The molecule has 6 heteroatoms. The maximum Gasteiger partial charge on any atom is 0.290 e. The summed E-state index contributed by atoms with van der Waals surface area (Å²) in [6.45, 7) is 9.26. The van der Waals surface area contributed by atoms with E-state index in [2.05, 4.69) is 24.1 Å². The molecule has 0 atom stereocenters. The van der Waals surface area contributed by atoms with Gasteiger partial charge >= 0.3 is 0 Å². The molecule has 6 nitrogen and oxygen atoms in total. The van der Waals surface area contributed by atoms with Gasteiger partial charge in [0.1, 0.15) is 0 Å². The largest absolute Gasteiger partial charge is 0.337 e. The van der Waals surface area contributed by atoms with Gasteiger partial charge in [0.15, 0.2) is 5.69 Å². The molecule has 0 fully saturated rings. The normalized spacial score (nSPS) is 11.0. The minimum Gasteiger partial charge on any atom is -0.337 e. The first kappa shape index (κ1) is 19.6. The monoisotopic (exact) mass is 378 g/mol. The standard InChI is InChI=1S/C22H26N4O2/c1-5-25(6-2)22(28)20-24-19(18-9-7-8-14-26(18)20)21(27)23-17-12-10-16(11-13-17)15(3)4/h7-15H,5-6H2,1-4H3,(H,23,27). The minimum atomic E-state index is -0.334. The Kier molecular flexibility index (Phi) is 5.78. The highest BCUT2D eigenvalue weighted by Gasteiger charge is 2.24. The number of fused-ring (bicyclic) bond motifs is 1. The molecule has 3 aromatic rings. The van der Waals surface area contributed by atoms with Gasteiger partial charge in [0.05, 0.1) is 5.52 Å². The lowest BCUT2D eigenvalue weighted by Gasteiger charge is -2.17. The van der Waals surface area contributed by atoms with Crippen LogP contribution < -0.4 is 5.32 Å². The van der Waals surface area contributed by atoms with Crippen LogP contribution in [0.15, 0.2) is 48.7 Å². The van der Waals surface area contributed by atoms with Gasteiger partial charge in [0.2, 0.25) is 5.82 Å². The SMILES string of the molecule is CCN(CC)C(=O)c1nc(C(=O)Nc2ccc(C(C)C)cc2)c2ccccn12. The highest BCUT2D eigenvalue weighted by molar-refractivity contribution is 6.08. The van der Waals surface area contributed by atoms with E-state index in [1.54, 1.807) is 21.6 Å². The van der Waals surface area contributed by atoms with Crippen molar-refractivity contribution < 1.29 is 9.59 Å². The Morgan fingerprint density at radius 1 is 1.07 bits per heavy atom. The van der Waals surface area contributed by atoms with Gasteiger partial charge in [-0.15, -0.1) is 0 Å². The Hall–Kier alpha value is -3.15. The van der Waals surface area contributed by atoms with Crippen LogP contribution in [0.5, 0.6) is 0 Å². The van der Waals surface area contributed by atoms with Crippen molar-refractivity contribution in [3.63, 3.8) is 0 Å². The molecular formula is C22H26N4O2. The highest BCUT2D eigenvalue weighted by Crippen LogP contribution is 2.20. The average Bonchev–Trinajstić information content (AvgIpc) is 3.09. The van der Waals surface area contributed by atoms with E-state index in [9.17, 15) is 9.59 Å². The van der Waals surface area contributed by atoms with Crippen LogP contribution in [0.2, 0.25) is 0 Å². The smallest absolute Gasteiger partial charge is 0.290 e. The summed E-state index contributed by atoms with van der Waals surface area (Å²) < 4.78 is 1.68. The first-order valence-corrected chi connectivity index (χ1v) is 9.63. The lowest BCUT2D eigenvalue weighted by Crippen LogP contribution is -2.32. The summed E-state index contributed by atoms with van der Waals surface area (Å²) in [5, 5.41) is 2.89. The third-order valence-electron chi connectivity index (χ3n) is 4.84. The van der Waals surface area contributed by atoms with Crippen molar-refractivity contribution in [2.24, 2.45) is 0 Å². The fraction of sp³-hybridized carbons (Fsp3) is 0.318. The van der Waals surface area contributed by atoms with Crippen LogP contribution in [0.3, 0.4) is 0 Å². The number of carbonyl (C=O) groups is 2. The number of pyridine rings is 1. The molecule has 2 heterocycles. The Morgan fingerprint density at radius 3 is 2.36 bits per heavy atom. The molecule has 0 aliphatic heterocycles. The zero-order chi connectivity index (χ0) is 20.3. The van der Waals surface area contributed by atoms with Crippen LogP contribution >= 0.6 is 0 Å². The summed E-state index contributed by atoms with van der Waals surface area (Å²) in [7, 11) is 0. The quantitative estimate of drug-likeness (QED) is 0.699. The van der Waals surface area contributed by atoms with Crippen molar-refractivity contribution >= 4 is 23.0 Å². The molecule has 1 aromatic carbocycles. The van der Waals surface area contributed by atoms with Gasteiger partial charge in [-0.25, -0.2) is 4.98 Å². The van der Waals surface area contributed by atoms with Gasteiger partial charge < -0.3 is 10.2 Å². The van der Waals surface area contributed by atoms with E-state index in [1.807, 2.05) is 50.2 Å². The van der Waals surface area contributed by atoms with Gasteiger partial charge in [-0.3, -0.25) is 14.0 Å². The van der Waals surface area contributed by atoms with Gasteiger partial charge in [0.25, 0.3) is 11.8 Å². The molecule has 3 rings (SSSR count). The van der Waals surface area contributed by atoms with Crippen molar-refractivity contribution in [1.82, 2.24) is 14.3 Å². The summed E-state index contributed by atoms with van der Waals surface area (Å²) in [4.78, 5) is 31.8. The second-order valence-corrected chi connectivity index (χ2v) is 6.95. The van der Waals surface area contributed by atoms with Crippen molar-refractivity contribution in [2.45, 2.75) is 33.6 Å². The summed E-state index contributed by atoms with van der Waals surface area (Å²) in [5.41, 5.74) is 2.75. The Balaban J connectivity index is 1.94. The van der Waals surface area contributed by atoms with E-state index >= 15 is 0 Å². The van der Waals surface area contributed by atoms with E-state index in [1.165, 1.54) is 5.56 Å². The number of carbonyl (C=O) groups excluding carboxylic acids is 2. The minimum absolute atomic E-state index is 0.188.